The van der Waals surface area contributed by atoms with Crippen LogP contribution in [0.2, 0.25) is 5.02 Å². The number of carbonyl (C=O) groups excluding carboxylic acids is 2. The molecule has 1 saturated carbocycles. The zero-order chi connectivity index (χ0) is 18.8. The fourth-order valence-electron chi connectivity index (χ4n) is 2.81. The number of halogens is 1. The molecule has 0 aromatic heterocycles. The van der Waals surface area contributed by atoms with Gasteiger partial charge in [0.15, 0.2) is 0 Å². The average Bonchev–Trinajstić information content (AvgIpc) is 3.39. The van der Waals surface area contributed by atoms with Gasteiger partial charge in [0.2, 0.25) is 11.8 Å². The van der Waals surface area contributed by atoms with Crippen LogP contribution in [0.25, 0.3) is 0 Å². The van der Waals surface area contributed by atoms with Crippen molar-refractivity contribution in [2.45, 2.75) is 20.3 Å². The van der Waals surface area contributed by atoms with Crippen LogP contribution in [-0.4, -0.2) is 18.9 Å². The minimum absolute atomic E-state index is 0.124. The minimum Gasteiger partial charge on any atom is -0.495 e. The van der Waals surface area contributed by atoms with E-state index < -0.39 is 0 Å². The van der Waals surface area contributed by atoms with E-state index in [9.17, 15) is 9.59 Å². The van der Waals surface area contributed by atoms with E-state index in [1.54, 1.807) is 18.2 Å². The maximum atomic E-state index is 12.3. The van der Waals surface area contributed by atoms with Crippen molar-refractivity contribution in [2.75, 3.05) is 17.7 Å². The van der Waals surface area contributed by atoms with Crippen LogP contribution in [0.4, 0.5) is 11.4 Å². The van der Waals surface area contributed by atoms with Crippen LogP contribution in [0.1, 0.15) is 17.5 Å². The van der Waals surface area contributed by atoms with Gasteiger partial charge >= 0.3 is 0 Å². The molecule has 2 aromatic carbocycles. The SMILES string of the molecule is COc1ccc(NC(=O)C2CC2C(=O)Nc2ccc(C)c(C)c2)cc1Cl. The van der Waals surface area contributed by atoms with Crippen molar-refractivity contribution in [3.63, 3.8) is 0 Å². The molecule has 1 fully saturated rings. The lowest BCUT2D eigenvalue weighted by atomic mass is 10.1. The van der Waals surface area contributed by atoms with Gasteiger partial charge in [-0.2, -0.15) is 0 Å². The Morgan fingerprint density at radius 3 is 2.08 bits per heavy atom. The molecule has 136 valence electrons. The molecule has 6 heteroatoms. The number of rotatable bonds is 5. The first-order chi connectivity index (χ1) is 12.4. The fourth-order valence-corrected chi connectivity index (χ4v) is 3.07. The van der Waals surface area contributed by atoms with Crippen LogP contribution >= 0.6 is 11.6 Å². The van der Waals surface area contributed by atoms with Gasteiger partial charge in [-0.3, -0.25) is 9.59 Å². The highest BCUT2D eigenvalue weighted by Crippen LogP contribution is 2.40. The van der Waals surface area contributed by atoms with Gasteiger partial charge in [-0.05, 0) is 61.7 Å². The summed E-state index contributed by atoms with van der Waals surface area (Å²) in [5, 5.41) is 6.11. The van der Waals surface area contributed by atoms with Crippen LogP contribution in [-0.2, 0) is 9.59 Å². The van der Waals surface area contributed by atoms with Gasteiger partial charge in [-0.15, -0.1) is 0 Å². The minimum atomic E-state index is -0.317. The van der Waals surface area contributed by atoms with Gasteiger partial charge in [0.25, 0.3) is 0 Å². The Bertz CT molecular complexity index is 866. The van der Waals surface area contributed by atoms with E-state index >= 15 is 0 Å². The number of nitrogens with one attached hydrogen (secondary N) is 2. The standard InChI is InChI=1S/C20H21ClN2O3/c1-11-4-5-13(8-12(11)2)22-19(24)15-10-16(15)20(25)23-14-6-7-18(26-3)17(21)9-14/h4-9,15-16H,10H2,1-3H3,(H,22,24)(H,23,25). The van der Waals surface area contributed by atoms with E-state index in [-0.39, 0.29) is 23.7 Å². The molecular formula is C20H21ClN2O3. The van der Waals surface area contributed by atoms with Gasteiger partial charge in [-0.1, -0.05) is 17.7 Å². The van der Waals surface area contributed by atoms with Crippen LogP contribution in [0.5, 0.6) is 5.75 Å². The molecule has 2 aromatic rings. The summed E-state index contributed by atoms with van der Waals surface area (Å²) in [6, 6.07) is 10.8. The van der Waals surface area contributed by atoms with Crippen molar-refractivity contribution >= 4 is 34.8 Å². The second-order valence-electron chi connectivity index (χ2n) is 6.58. The zero-order valence-electron chi connectivity index (χ0n) is 14.9. The Hall–Kier alpha value is -2.53. The first kappa shape index (κ1) is 18.3. The second-order valence-corrected chi connectivity index (χ2v) is 6.98. The third kappa shape index (κ3) is 3.99. The number of amides is 2. The topological polar surface area (TPSA) is 67.4 Å². The highest BCUT2D eigenvalue weighted by atomic mass is 35.5. The molecule has 1 aliphatic carbocycles. The second kappa shape index (κ2) is 7.38. The number of anilines is 2. The Kier molecular flexibility index (Phi) is 5.18. The highest BCUT2D eigenvalue weighted by Gasteiger charge is 2.48. The predicted molar refractivity (Wildman–Crippen MR) is 103 cm³/mol. The van der Waals surface area contributed by atoms with E-state index in [0.717, 1.165) is 11.3 Å². The molecule has 0 spiro atoms. The third-order valence-corrected chi connectivity index (χ3v) is 4.95. The lowest BCUT2D eigenvalue weighted by Gasteiger charge is -2.09. The normalized spacial score (nSPS) is 18.2. The van der Waals surface area contributed by atoms with Gasteiger partial charge in [-0.25, -0.2) is 0 Å². The summed E-state index contributed by atoms with van der Waals surface area (Å²) in [6.45, 7) is 4.02. The van der Waals surface area contributed by atoms with Crippen molar-refractivity contribution in [3.05, 3.63) is 52.5 Å². The molecular weight excluding hydrogens is 352 g/mol. The number of hydrogen-bond acceptors (Lipinski definition) is 3. The largest absolute Gasteiger partial charge is 0.495 e. The van der Waals surface area contributed by atoms with Gasteiger partial charge < -0.3 is 15.4 Å². The molecule has 2 amide bonds. The van der Waals surface area contributed by atoms with Gasteiger partial charge in [0.1, 0.15) is 5.75 Å². The Labute approximate surface area is 157 Å². The Morgan fingerprint density at radius 1 is 0.962 bits per heavy atom. The summed E-state index contributed by atoms with van der Waals surface area (Å²) >= 11 is 6.06. The summed E-state index contributed by atoms with van der Waals surface area (Å²) in [5.41, 5.74) is 3.63. The fraction of sp³-hybridized carbons (Fsp3) is 0.300. The molecule has 2 N–H and O–H groups in total. The first-order valence-corrected chi connectivity index (χ1v) is 8.79. The number of aryl methyl sites for hydroxylation is 2. The third-order valence-electron chi connectivity index (χ3n) is 4.66. The molecule has 0 bridgehead atoms. The van der Waals surface area contributed by atoms with Gasteiger partial charge in [0, 0.05) is 11.4 Å². The summed E-state index contributed by atoms with van der Waals surface area (Å²) in [6.07, 6.45) is 0.548. The summed E-state index contributed by atoms with van der Waals surface area (Å²) in [7, 11) is 1.53. The quantitative estimate of drug-likeness (QED) is 0.827. The number of ether oxygens (including phenoxy) is 1. The van der Waals surface area contributed by atoms with Crippen molar-refractivity contribution in [2.24, 2.45) is 11.8 Å². The number of methoxy groups -OCH3 is 1. The van der Waals surface area contributed by atoms with Crippen molar-refractivity contribution in [3.8, 4) is 5.75 Å². The number of benzene rings is 2. The lowest BCUT2D eigenvalue weighted by Crippen LogP contribution is -2.20. The molecule has 26 heavy (non-hydrogen) atoms. The number of hydrogen-bond donors (Lipinski definition) is 2. The molecule has 3 rings (SSSR count). The highest BCUT2D eigenvalue weighted by molar-refractivity contribution is 6.32. The van der Waals surface area contributed by atoms with E-state index in [1.807, 2.05) is 32.0 Å². The predicted octanol–water partition coefficient (Wildman–Crippen LogP) is 4.18. The summed E-state index contributed by atoms with van der Waals surface area (Å²) in [5.74, 6) is -0.373. The van der Waals surface area contributed by atoms with E-state index in [2.05, 4.69) is 10.6 Å². The van der Waals surface area contributed by atoms with Gasteiger partial charge in [0.05, 0.1) is 24.0 Å². The van der Waals surface area contributed by atoms with Crippen LogP contribution in [0.3, 0.4) is 0 Å². The Balaban J connectivity index is 1.57. The van der Waals surface area contributed by atoms with E-state index in [1.165, 1.54) is 12.7 Å². The number of carbonyl (C=O) groups is 2. The molecule has 0 aliphatic heterocycles. The van der Waals surface area contributed by atoms with Crippen LogP contribution in [0, 0.1) is 25.7 Å². The van der Waals surface area contributed by atoms with E-state index in [4.69, 9.17) is 16.3 Å². The lowest BCUT2D eigenvalue weighted by molar-refractivity contribution is -0.122. The maximum absolute atomic E-state index is 12.3. The molecule has 2 atom stereocenters. The van der Waals surface area contributed by atoms with Crippen LogP contribution < -0.4 is 15.4 Å². The van der Waals surface area contributed by atoms with E-state index in [0.29, 0.717) is 22.9 Å². The van der Waals surface area contributed by atoms with Crippen molar-refractivity contribution in [1.29, 1.82) is 0 Å². The molecule has 2 unspecified atom stereocenters. The maximum Gasteiger partial charge on any atom is 0.228 e. The first-order valence-electron chi connectivity index (χ1n) is 8.41. The van der Waals surface area contributed by atoms with Crippen molar-refractivity contribution in [1.82, 2.24) is 0 Å². The molecule has 1 aliphatic rings. The average molecular weight is 373 g/mol. The molecule has 0 saturated heterocycles. The summed E-state index contributed by atoms with van der Waals surface area (Å²) in [4.78, 5) is 24.7. The van der Waals surface area contributed by atoms with Crippen LogP contribution in [0.15, 0.2) is 36.4 Å². The molecule has 0 heterocycles. The molecule has 5 nitrogen and oxygen atoms in total. The smallest absolute Gasteiger partial charge is 0.228 e. The monoisotopic (exact) mass is 372 g/mol. The van der Waals surface area contributed by atoms with Crippen molar-refractivity contribution < 1.29 is 14.3 Å². The molecule has 0 radical (unpaired) electrons. The Morgan fingerprint density at radius 2 is 1.54 bits per heavy atom. The zero-order valence-corrected chi connectivity index (χ0v) is 15.7. The summed E-state index contributed by atoms with van der Waals surface area (Å²) < 4.78 is 5.09.